The van der Waals surface area contributed by atoms with Gasteiger partial charge in [0.25, 0.3) is 5.92 Å². The van der Waals surface area contributed by atoms with E-state index in [1.54, 1.807) is 33.9 Å². The third kappa shape index (κ3) is 2.57. The predicted octanol–water partition coefficient (Wildman–Crippen LogP) is 3.06. The van der Waals surface area contributed by atoms with Gasteiger partial charge in [-0.15, -0.1) is 0 Å². The van der Waals surface area contributed by atoms with Crippen LogP contribution in [-0.4, -0.2) is 13.7 Å². The minimum Gasteiger partial charge on any atom is -0.496 e. The molecule has 0 aliphatic heterocycles. The van der Waals surface area contributed by atoms with Crippen LogP contribution in [0.25, 0.3) is 0 Å². The largest absolute Gasteiger partial charge is 0.496 e. The fraction of sp³-hybridized carbons (Fsp3) is 0.538. The van der Waals surface area contributed by atoms with Gasteiger partial charge in [0.2, 0.25) is 0 Å². The van der Waals surface area contributed by atoms with Gasteiger partial charge in [-0.1, -0.05) is 0 Å². The average molecular weight is 243 g/mol. The molecule has 0 atom stereocenters. The Labute approximate surface area is 101 Å². The summed E-state index contributed by atoms with van der Waals surface area (Å²) in [6.07, 6.45) is -0.333. The lowest BCUT2D eigenvalue weighted by molar-refractivity contribution is -0.0120. The Hall–Kier alpha value is -1.16. The van der Waals surface area contributed by atoms with Crippen molar-refractivity contribution >= 4 is 0 Å². The van der Waals surface area contributed by atoms with Gasteiger partial charge in [-0.25, -0.2) is 8.78 Å². The Kier molecular flexibility index (Phi) is 4.09. The second-order valence-corrected chi connectivity index (χ2v) is 4.26. The van der Waals surface area contributed by atoms with Gasteiger partial charge < -0.3 is 10.5 Å². The monoisotopic (exact) mass is 243 g/mol. The van der Waals surface area contributed by atoms with E-state index in [9.17, 15) is 8.78 Å². The number of aryl methyl sites for hydroxylation is 1. The standard InChI is InChI=1S/C13H19F2NO/c1-8-7-11(17-4)9(2)10(3)12(8)13(14,15)5-6-16/h7H,5-6,16H2,1-4H3. The van der Waals surface area contributed by atoms with Crippen molar-refractivity contribution in [3.05, 3.63) is 28.3 Å². The number of rotatable bonds is 4. The van der Waals surface area contributed by atoms with Crippen molar-refractivity contribution in [3.8, 4) is 5.75 Å². The number of nitrogens with two attached hydrogens (primary N) is 1. The van der Waals surface area contributed by atoms with Crippen LogP contribution in [0.1, 0.15) is 28.7 Å². The van der Waals surface area contributed by atoms with Gasteiger partial charge in [0.15, 0.2) is 0 Å². The highest BCUT2D eigenvalue weighted by atomic mass is 19.3. The molecular formula is C13H19F2NO. The third-order valence-corrected chi connectivity index (χ3v) is 3.09. The lowest BCUT2D eigenvalue weighted by Gasteiger charge is -2.23. The van der Waals surface area contributed by atoms with Crippen molar-refractivity contribution in [1.29, 1.82) is 0 Å². The van der Waals surface area contributed by atoms with E-state index < -0.39 is 5.92 Å². The lowest BCUT2D eigenvalue weighted by Crippen LogP contribution is -2.21. The summed E-state index contributed by atoms with van der Waals surface area (Å²) < 4.78 is 33.1. The zero-order valence-electron chi connectivity index (χ0n) is 10.7. The van der Waals surface area contributed by atoms with E-state index in [2.05, 4.69) is 0 Å². The Balaban J connectivity index is 3.40. The van der Waals surface area contributed by atoms with Crippen LogP contribution in [0.4, 0.5) is 8.78 Å². The maximum absolute atomic E-state index is 14.0. The van der Waals surface area contributed by atoms with E-state index in [0.717, 1.165) is 5.56 Å². The number of methoxy groups -OCH3 is 1. The molecule has 0 aliphatic rings. The number of halogens is 2. The molecule has 0 amide bonds. The molecule has 0 radical (unpaired) electrons. The van der Waals surface area contributed by atoms with Crippen molar-refractivity contribution in [1.82, 2.24) is 0 Å². The van der Waals surface area contributed by atoms with E-state index >= 15 is 0 Å². The van der Waals surface area contributed by atoms with Crippen LogP contribution in [0, 0.1) is 20.8 Å². The molecule has 4 heteroatoms. The number of hydrogen-bond donors (Lipinski definition) is 1. The van der Waals surface area contributed by atoms with E-state index in [4.69, 9.17) is 10.5 Å². The molecule has 2 nitrogen and oxygen atoms in total. The normalized spacial score (nSPS) is 11.7. The zero-order valence-corrected chi connectivity index (χ0v) is 10.7. The minimum absolute atomic E-state index is 0.0308. The van der Waals surface area contributed by atoms with Gasteiger partial charge >= 0.3 is 0 Å². The maximum atomic E-state index is 14.0. The summed E-state index contributed by atoms with van der Waals surface area (Å²) in [5.74, 6) is -2.23. The van der Waals surface area contributed by atoms with Crippen molar-refractivity contribution in [2.45, 2.75) is 33.1 Å². The highest BCUT2D eigenvalue weighted by molar-refractivity contribution is 5.49. The van der Waals surface area contributed by atoms with Gasteiger partial charge in [0, 0.05) is 12.0 Å². The SMILES string of the molecule is COc1cc(C)c(C(F)(F)CCN)c(C)c1C. The Morgan fingerprint density at radius 1 is 1.24 bits per heavy atom. The summed E-state index contributed by atoms with van der Waals surface area (Å²) in [6.45, 7) is 5.13. The number of hydrogen-bond acceptors (Lipinski definition) is 2. The quantitative estimate of drug-likeness (QED) is 0.882. The second-order valence-electron chi connectivity index (χ2n) is 4.26. The fourth-order valence-electron chi connectivity index (χ4n) is 2.13. The summed E-state index contributed by atoms with van der Waals surface area (Å²) >= 11 is 0. The van der Waals surface area contributed by atoms with Crippen LogP contribution >= 0.6 is 0 Å². The summed E-state index contributed by atoms with van der Waals surface area (Å²) in [5, 5.41) is 0. The molecule has 1 aromatic carbocycles. The molecule has 0 heterocycles. The van der Waals surface area contributed by atoms with E-state index in [1.165, 1.54) is 0 Å². The Bertz CT molecular complexity index is 416. The number of alkyl halides is 2. The molecule has 0 aliphatic carbocycles. The summed E-state index contributed by atoms with van der Waals surface area (Å²) in [4.78, 5) is 0. The predicted molar refractivity (Wildman–Crippen MR) is 64.8 cm³/mol. The molecule has 0 saturated heterocycles. The van der Waals surface area contributed by atoms with E-state index in [0.29, 0.717) is 16.9 Å². The van der Waals surface area contributed by atoms with Crippen LogP contribution < -0.4 is 10.5 Å². The van der Waals surface area contributed by atoms with Crippen LogP contribution in [0.5, 0.6) is 5.75 Å². The second kappa shape index (κ2) is 5.00. The summed E-state index contributed by atoms with van der Waals surface area (Å²) in [5.41, 5.74) is 7.21. The smallest absolute Gasteiger partial charge is 0.274 e. The lowest BCUT2D eigenvalue weighted by atomic mass is 9.91. The van der Waals surface area contributed by atoms with Gasteiger partial charge in [-0.2, -0.15) is 0 Å². The molecule has 2 N–H and O–H groups in total. The highest BCUT2D eigenvalue weighted by Gasteiger charge is 2.34. The first-order chi connectivity index (χ1) is 7.85. The van der Waals surface area contributed by atoms with Gasteiger partial charge in [-0.3, -0.25) is 0 Å². The first-order valence-electron chi connectivity index (χ1n) is 5.58. The topological polar surface area (TPSA) is 35.2 Å². The van der Waals surface area contributed by atoms with Gasteiger partial charge in [0.1, 0.15) is 5.75 Å². The van der Waals surface area contributed by atoms with Gasteiger partial charge in [0.05, 0.1) is 7.11 Å². The van der Waals surface area contributed by atoms with E-state index in [1.807, 2.05) is 0 Å². The summed E-state index contributed by atoms with van der Waals surface area (Å²) in [6, 6.07) is 1.65. The molecule has 0 bridgehead atoms. The molecule has 1 aromatic rings. The zero-order chi connectivity index (χ0) is 13.2. The molecule has 96 valence electrons. The maximum Gasteiger partial charge on any atom is 0.274 e. The molecule has 1 rings (SSSR count). The van der Waals surface area contributed by atoms with Crippen molar-refractivity contribution in [2.75, 3.05) is 13.7 Å². The average Bonchev–Trinajstić information content (AvgIpc) is 2.23. The van der Waals surface area contributed by atoms with E-state index in [-0.39, 0.29) is 18.5 Å². The molecule has 0 spiro atoms. The first-order valence-corrected chi connectivity index (χ1v) is 5.58. The highest BCUT2D eigenvalue weighted by Crippen LogP contribution is 2.39. The van der Waals surface area contributed by atoms with Gasteiger partial charge in [-0.05, 0) is 50.1 Å². The molecule has 0 fully saturated rings. The molecule has 0 saturated carbocycles. The van der Waals surface area contributed by atoms with Crippen molar-refractivity contribution in [2.24, 2.45) is 5.73 Å². The molecule has 0 unspecified atom stereocenters. The van der Waals surface area contributed by atoms with Crippen LogP contribution in [-0.2, 0) is 5.92 Å². The van der Waals surface area contributed by atoms with Crippen LogP contribution in [0.3, 0.4) is 0 Å². The Morgan fingerprint density at radius 2 is 1.82 bits per heavy atom. The molecule has 0 aromatic heterocycles. The van der Waals surface area contributed by atoms with Crippen LogP contribution in [0.15, 0.2) is 6.07 Å². The Morgan fingerprint density at radius 3 is 2.29 bits per heavy atom. The minimum atomic E-state index is -2.88. The first kappa shape index (κ1) is 13.9. The number of benzene rings is 1. The number of ether oxygens (including phenoxy) is 1. The molecule has 17 heavy (non-hydrogen) atoms. The fourth-order valence-corrected chi connectivity index (χ4v) is 2.13. The van der Waals surface area contributed by atoms with Crippen LogP contribution in [0.2, 0.25) is 0 Å². The molecular weight excluding hydrogens is 224 g/mol. The van der Waals surface area contributed by atoms with Crippen molar-refractivity contribution in [3.63, 3.8) is 0 Å². The third-order valence-electron chi connectivity index (χ3n) is 3.09. The van der Waals surface area contributed by atoms with Crippen molar-refractivity contribution < 1.29 is 13.5 Å². The summed E-state index contributed by atoms with van der Waals surface area (Å²) in [7, 11) is 1.54.